The summed E-state index contributed by atoms with van der Waals surface area (Å²) in [5, 5.41) is 7.30. The lowest BCUT2D eigenvalue weighted by Crippen LogP contribution is -2.34. The molecule has 0 spiro atoms. The van der Waals surface area contributed by atoms with Crippen LogP contribution in [-0.2, 0) is 35.7 Å². The maximum Gasteiger partial charge on any atom is 0.333 e. The fourth-order valence-corrected chi connectivity index (χ4v) is 5.98. The molecule has 160 valence electrons. The summed E-state index contributed by atoms with van der Waals surface area (Å²) in [6.07, 6.45) is 7.72. The number of rotatable bonds is 5. The van der Waals surface area contributed by atoms with Crippen LogP contribution in [0.3, 0.4) is 0 Å². The Bertz CT molecular complexity index is 1010. The number of hydrogen-bond donors (Lipinski definition) is 3. The van der Waals surface area contributed by atoms with Crippen LogP contribution >= 0.6 is 0 Å². The highest BCUT2D eigenvalue weighted by molar-refractivity contribution is 7.92. The SMILES string of the molecule is O=C(Nc1c2c(cc3c1CCC3)CCC2)NS(=O)(=O)/C=C/CN1CC2=C(CNC2)C1. The van der Waals surface area contributed by atoms with E-state index in [-0.39, 0.29) is 0 Å². The van der Waals surface area contributed by atoms with E-state index >= 15 is 0 Å². The normalized spacial score (nSPS) is 20.7. The second kappa shape index (κ2) is 7.83. The third kappa shape index (κ3) is 3.91. The minimum Gasteiger partial charge on any atom is -0.309 e. The minimum absolute atomic E-state index is 0.551. The second-order valence-electron chi connectivity index (χ2n) is 8.69. The monoisotopic (exact) mass is 428 g/mol. The van der Waals surface area contributed by atoms with Crippen molar-refractivity contribution in [2.24, 2.45) is 0 Å². The van der Waals surface area contributed by atoms with Gasteiger partial charge in [0.05, 0.1) is 0 Å². The molecule has 1 aromatic carbocycles. The number of amides is 2. The van der Waals surface area contributed by atoms with E-state index in [0.29, 0.717) is 6.54 Å². The van der Waals surface area contributed by atoms with Gasteiger partial charge in [-0.1, -0.05) is 12.1 Å². The largest absolute Gasteiger partial charge is 0.333 e. The standard InChI is InChI=1S/C22H28N4O3S/c27-22(24-21-19-6-1-4-15(19)10-16-5-2-7-20(16)21)25-30(28,29)9-3-8-26-13-17-11-23-12-18(17)14-26/h3,9-10,23H,1-2,4-8,11-14H2,(H2,24,25,27)/b9-3+. The van der Waals surface area contributed by atoms with Crippen LogP contribution in [0.4, 0.5) is 10.5 Å². The predicted octanol–water partition coefficient (Wildman–Crippen LogP) is 1.84. The fourth-order valence-electron chi connectivity index (χ4n) is 5.26. The summed E-state index contributed by atoms with van der Waals surface area (Å²) in [4.78, 5) is 14.7. The van der Waals surface area contributed by atoms with Crippen LogP contribution in [0.15, 0.2) is 28.7 Å². The Hall–Kier alpha value is -2.16. The van der Waals surface area contributed by atoms with Crippen molar-refractivity contribution in [3.8, 4) is 0 Å². The Morgan fingerprint density at radius 1 is 1.03 bits per heavy atom. The molecule has 3 N–H and O–H groups in total. The third-order valence-corrected chi connectivity index (χ3v) is 7.61. The molecule has 2 heterocycles. The lowest BCUT2D eigenvalue weighted by Gasteiger charge is -2.16. The Labute approximate surface area is 177 Å². The number of sulfonamides is 1. The average Bonchev–Trinajstić information content (AvgIpc) is 3.44. The van der Waals surface area contributed by atoms with E-state index in [1.54, 1.807) is 6.08 Å². The quantitative estimate of drug-likeness (QED) is 0.623. The zero-order chi connectivity index (χ0) is 20.7. The van der Waals surface area contributed by atoms with Gasteiger partial charge >= 0.3 is 6.03 Å². The first-order valence-electron chi connectivity index (χ1n) is 10.8. The van der Waals surface area contributed by atoms with E-state index < -0.39 is 16.1 Å². The van der Waals surface area contributed by atoms with Gasteiger partial charge in [-0.05, 0) is 71.9 Å². The molecule has 7 nitrogen and oxygen atoms in total. The van der Waals surface area contributed by atoms with E-state index in [1.807, 2.05) is 0 Å². The molecule has 2 aliphatic heterocycles. The molecule has 1 aromatic rings. The molecule has 4 aliphatic rings. The van der Waals surface area contributed by atoms with Crippen molar-refractivity contribution in [2.45, 2.75) is 38.5 Å². The summed E-state index contributed by atoms with van der Waals surface area (Å²) in [6, 6.07) is 1.61. The van der Waals surface area contributed by atoms with Gasteiger partial charge in [-0.3, -0.25) is 4.90 Å². The Morgan fingerprint density at radius 2 is 1.67 bits per heavy atom. The van der Waals surface area contributed by atoms with Crippen molar-refractivity contribution in [2.75, 3.05) is 38.0 Å². The van der Waals surface area contributed by atoms with Gasteiger partial charge in [0.2, 0.25) is 0 Å². The highest BCUT2D eigenvalue weighted by Gasteiger charge is 2.26. The van der Waals surface area contributed by atoms with Gasteiger partial charge in [0, 0.05) is 43.8 Å². The third-order valence-electron chi connectivity index (χ3n) is 6.59. The summed E-state index contributed by atoms with van der Waals surface area (Å²) >= 11 is 0. The van der Waals surface area contributed by atoms with Crippen molar-refractivity contribution in [3.05, 3.63) is 51.0 Å². The maximum absolute atomic E-state index is 12.5. The zero-order valence-electron chi connectivity index (χ0n) is 17.1. The van der Waals surface area contributed by atoms with Crippen molar-refractivity contribution >= 4 is 21.7 Å². The van der Waals surface area contributed by atoms with Crippen molar-refractivity contribution in [1.82, 2.24) is 14.9 Å². The van der Waals surface area contributed by atoms with Crippen LogP contribution in [0, 0.1) is 0 Å². The molecular formula is C22H28N4O3S. The van der Waals surface area contributed by atoms with E-state index in [4.69, 9.17) is 0 Å². The van der Waals surface area contributed by atoms with Gasteiger partial charge in [-0.25, -0.2) is 17.9 Å². The topological polar surface area (TPSA) is 90.5 Å². The molecule has 8 heteroatoms. The fraction of sp³-hybridized carbons (Fsp3) is 0.500. The van der Waals surface area contributed by atoms with Crippen molar-refractivity contribution < 1.29 is 13.2 Å². The molecule has 0 fully saturated rings. The number of carbonyl (C=O) groups excluding carboxylic acids is 1. The van der Waals surface area contributed by atoms with E-state index in [9.17, 15) is 13.2 Å². The lowest BCUT2D eigenvalue weighted by molar-refractivity contribution is 0.256. The smallest absolute Gasteiger partial charge is 0.309 e. The highest BCUT2D eigenvalue weighted by atomic mass is 32.2. The van der Waals surface area contributed by atoms with Crippen molar-refractivity contribution in [1.29, 1.82) is 0 Å². The number of carbonyl (C=O) groups is 1. The van der Waals surface area contributed by atoms with Crippen LogP contribution in [0.2, 0.25) is 0 Å². The van der Waals surface area contributed by atoms with E-state index in [1.165, 1.54) is 33.4 Å². The molecule has 0 bridgehead atoms. The van der Waals surface area contributed by atoms with Gasteiger partial charge in [-0.2, -0.15) is 0 Å². The van der Waals surface area contributed by atoms with E-state index in [2.05, 4.69) is 26.3 Å². The van der Waals surface area contributed by atoms with E-state index in [0.717, 1.165) is 75.8 Å². The van der Waals surface area contributed by atoms with Crippen LogP contribution in [0.1, 0.15) is 35.1 Å². The number of benzene rings is 1. The molecule has 2 amide bonds. The molecule has 2 aliphatic carbocycles. The number of fused-ring (bicyclic) bond motifs is 2. The summed E-state index contributed by atoms with van der Waals surface area (Å²) in [5.74, 6) is 0. The second-order valence-corrected chi connectivity index (χ2v) is 10.3. The molecular weight excluding hydrogens is 400 g/mol. The Kier molecular flexibility index (Phi) is 5.16. The minimum atomic E-state index is -3.83. The van der Waals surface area contributed by atoms with Crippen LogP contribution in [0.25, 0.3) is 0 Å². The van der Waals surface area contributed by atoms with Gasteiger partial charge in [0.1, 0.15) is 0 Å². The zero-order valence-corrected chi connectivity index (χ0v) is 17.9. The van der Waals surface area contributed by atoms with Crippen LogP contribution in [-0.4, -0.2) is 52.1 Å². The molecule has 0 unspecified atom stereocenters. The number of nitrogens with one attached hydrogen (secondary N) is 3. The average molecular weight is 429 g/mol. The van der Waals surface area contributed by atoms with Crippen molar-refractivity contribution in [3.63, 3.8) is 0 Å². The molecule has 30 heavy (non-hydrogen) atoms. The molecule has 0 saturated heterocycles. The first kappa shape index (κ1) is 19.8. The number of nitrogens with zero attached hydrogens (tertiary/aromatic N) is 1. The first-order valence-corrected chi connectivity index (χ1v) is 12.3. The summed E-state index contributed by atoms with van der Waals surface area (Å²) in [5.41, 5.74) is 8.66. The Balaban J connectivity index is 1.21. The number of anilines is 1. The predicted molar refractivity (Wildman–Crippen MR) is 117 cm³/mol. The number of aryl methyl sites for hydroxylation is 2. The molecule has 0 radical (unpaired) electrons. The molecule has 0 aromatic heterocycles. The molecule has 5 rings (SSSR count). The number of hydrogen-bond acceptors (Lipinski definition) is 5. The summed E-state index contributed by atoms with van der Waals surface area (Å²) < 4.78 is 26.9. The maximum atomic E-state index is 12.5. The van der Waals surface area contributed by atoms with Gasteiger partial charge in [-0.15, -0.1) is 0 Å². The van der Waals surface area contributed by atoms with Gasteiger partial charge in [0.15, 0.2) is 0 Å². The first-order chi connectivity index (χ1) is 14.5. The number of urea groups is 1. The van der Waals surface area contributed by atoms with Crippen LogP contribution in [0.5, 0.6) is 0 Å². The molecule has 0 atom stereocenters. The highest BCUT2D eigenvalue weighted by Crippen LogP contribution is 2.38. The summed E-state index contributed by atoms with van der Waals surface area (Å²) in [6.45, 7) is 4.18. The van der Waals surface area contributed by atoms with Gasteiger partial charge in [0.25, 0.3) is 10.0 Å². The lowest BCUT2D eigenvalue weighted by atomic mass is 9.99. The molecule has 0 saturated carbocycles. The summed E-state index contributed by atoms with van der Waals surface area (Å²) in [7, 11) is -3.83. The Morgan fingerprint density at radius 3 is 2.30 bits per heavy atom. The van der Waals surface area contributed by atoms with Gasteiger partial charge < -0.3 is 10.6 Å². The van der Waals surface area contributed by atoms with Crippen LogP contribution < -0.4 is 15.4 Å².